The summed E-state index contributed by atoms with van der Waals surface area (Å²) in [6, 6.07) is 5.78. The quantitative estimate of drug-likeness (QED) is 0.337. The van der Waals surface area contributed by atoms with Gasteiger partial charge in [-0.05, 0) is 49.9 Å². The Balaban J connectivity index is 0.00000274. The first-order valence-electron chi connectivity index (χ1n) is 11.0. The van der Waals surface area contributed by atoms with Crippen LogP contribution in [0.25, 0.3) is 11.5 Å². The molecule has 3 aromatic rings. The largest absolute Gasteiger partial charge is 0.416 e. The van der Waals surface area contributed by atoms with Crippen LogP contribution in [0.3, 0.4) is 0 Å². The summed E-state index contributed by atoms with van der Waals surface area (Å²) in [5.74, 6) is 2.17. The minimum absolute atomic E-state index is 0. The van der Waals surface area contributed by atoms with Crippen molar-refractivity contribution in [2.45, 2.75) is 36.5 Å². The lowest BCUT2D eigenvalue weighted by Crippen LogP contribution is -2.28. The predicted molar refractivity (Wildman–Crippen MR) is 127 cm³/mol. The molecule has 2 unspecified atom stereocenters. The van der Waals surface area contributed by atoms with Gasteiger partial charge in [0.15, 0.2) is 11.0 Å². The Kier molecular flexibility index (Phi) is 6.94. The fraction of sp³-hybridized carbons (Fsp3) is 0.478. The highest BCUT2D eigenvalue weighted by molar-refractivity contribution is 7.99. The molecule has 3 heterocycles. The van der Waals surface area contributed by atoms with Crippen molar-refractivity contribution in [3.8, 4) is 11.5 Å². The number of rotatable bonds is 7. The van der Waals surface area contributed by atoms with Gasteiger partial charge in [-0.25, -0.2) is 4.98 Å². The fourth-order valence-electron chi connectivity index (χ4n) is 4.82. The van der Waals surface area contributed by atoms with Gasteiger partial charge in [0.2, 0.25) is 0 Å². The zero-order valence-electron chi connectivity index (χ0n) is 18.9. The third kappa shape index (κ3) is 4.81. The summed E-state index contributed by atoms with van der Waals surface area (Å²) in [7, 11) is 1.93. The number of hydrogen-bond donors (Lipinski definition) is 0. The van der Waals surface area contributed by atoms with Gasteiger partial charge in [0.05, 0.1) is 17.5 Å². The second kappa shape index (κ2) is 9.47. The van der Waals surface area contributed by atoms with Gasteiger partial charge in [-0.15, -0.1) is 22.6 Å². The Hall–Kier alpha value is -2.17. The third-order valence-electron chi connectivity index (χ3n) is 6.70. The fourth-order valence-corrected chi connectivity index (χ4v) is 5.65. The topological polar surface area (TPSA) is 59.7 Å². The monoisotopic (exact) mass is 510 g/mol. The van der Waals surface area contributed by atoms with Crippen LogP contribution >= 0.6 is 24.2 Å². The van der Waals surface area contributed by atoms with Crippen molar-refractivity contribution in [2.24, 2.45) is 13.0 Å². The number of halogens is 4. The second-order valence-electron chi connectivity index (χ2n) is 8.98. The van der Waals surface area contributed by atoms with Crippen LogP contribution in [0.4, 0.5) is 13.2 Å². The van der Waals surface area contributed by atoms with Crippen molar-refractivity contribution in [1.82, 2.24) is 29.6 Å². The zero-order chi connectivity index (χ0) is 23.2. The van der Waals surface area contributed by atoms with Crippen LogP contribution in [0.15, 0.2) is 41.8 Å². The summed E-state index contributed by atoms with van der Waals surface area (Å²) >= 11 is 1.67. The van der Waals surface area contributed by atoms with Gasteiger partial charge in [0.1, 0.15) is 5.69 Å². The molecule has 0 amide bonds. The molecule has 0 bridgehead atoms. The van der Waals surface area contributed by atoms with Crippen LogP contribution in [0.1, 0.15) is 29.7 Å². The van der Waals surface area contributed by atoms with Crippen LogP contribution in [0.5, 0.6) is 0 Å². The molecule has 34 heavy (non-hydrogen) atoms. The molecule has 0 radical (unpaired) electrons. The third-order valence-corrected chi connectivity index (χ3v) is 7.80. The average Bonchev–Trinajstić information content (AvgIpc) is 3.16. The number of aryl methyl sites for hydroxylation is 1. The molecule has 5 rings (SSSR count). The van der Waals surface area contributed by atoms with E-state index in [1.807, 2.05) is 18.5 Å². The molecule has 2 atom stereocenters. The lowest BCUT2D eigenvalue weighted by atomic mass is 9.94. The van der Waals surface area contributed by atoms with Crippen molar-refractivity contribution in [3.63, 3.8) is 0 Å². The molecule has 2 fully saturated rings. The first-order chi connectivity index (χ1) is 15.8. The molecule has 0 N–H and O–H groups in total. The van der Waals surface area contributed by atoms with Gasteiger partial charge in [-0.2, -0.15) is 13.2 Å². The number of nitrogens with zero attached hydrogens (tertiary/aromatic N) is 6. The highest BCUT2D eigenvalue weighted by atomic mass is 35.5. The number of hydrogen-bond acceptors (Lipinski definition) is 6. The van der Waals surface area contributed by atoms with E-state index in [1.54, 1.807) is 36.3 Å². The maximum Gasteiger partial charge on any atom is 0.416 e. The van der Waals surface area contributed by atoms with Crippen molar-refractivity contribution in [2.75, 3.05) is 25.4 Å². The number of thioether (sulfide) groups is 1. The van der Waals surface area contributed by atoms with E-state index in [0.29, 0.717) is 17.4 Å². The first kappa shape index (κ1) is 24.9. The van der Waals surface area contributed by atoms with Crippen molar-refractivity contribution in [1.29, 1.82) is 0 Å². The van der Waals surface area contributed by atoms with Gasteiger partial charge in [0.25, 0.3) is 0 Å². The normalized spacial score (nSPS) is 21.9. The van der Waals surface area contributed by atoms with E-state index < -0.39 is 11.7 Å². The van der Waals surface area contributed by atoms with Crippen molar-refractivity contribution >= 4 is 24.2 Å². The minimum atomic E-state index is -4.28. The van der Waals surface area contributed by atoms with Crippen LogP contribution in [-0.4, -0.2) is 55.0 Å². The summed E-state index contributed by atoms with van der Waals surface area (Å²) in [5, 5.41) is 9.40. The number of aromatic nitrogens is 5. The highest BCUT2D eigenvalue weighted by Crippen LogP contribution is 2.59. The summed E-state index contributed by atoms with van der Waals surface area (Å²) in [6.45, 7) is 4.81. The summed E-state index contributed by atoms with van der Waals surface area (Å²) in [4.78, 5) is 11.1. The van der Waals surface area contributed by atoms with Gasteiger partial charge in [-0.1, -0.05) is 23.9 Å². The number of alkyl halides is 3. The van der Waals surface area contributed by atoms with Crippen LogP contribution in [-0.2, 0) is 18.6 Å². The molecule has 1 aliphatic carbocycles. The van der Waals surface area contributed by atoms with E-state index in [0.717, 1.165) is 54.6 Å². The van der Waals surface area contributed by atoms with Crippen LogP contribution in [0, 0.1) is 12.8 Å². The zero-order valence-corrected chi connectivity index (χ0v) is 20.6. The van der Waals surface area contributed by atoms with E-state index in [1.165, 1.54) is 12.1 Å². The van der Waals surface area contributed by atoms with Crippen molar-refractivity contribution < 1.29 is 13.2 Å². The van der Waals surface area contributed by atoms with E-state index >= 15 is 0 Å². The second-order valence-corrected chi connectivity index (χ2v) is 10.0. The van der Waals surface area contributed by atoms with E-state index in [2.05, 4.69) is 25.1 Å². The SMILES string of the molecule is Cc1cnc(-c2nnc(SCCCN3CC4CC4(c4ccc(C(F)(F)F)cc4)C3)n2C)cn1.Cl. The first-order valence-corrected chi connectivity index (χ1v) is 12.0. The van der Waals surface area contributed by atoms with E-state index in [4.69, 9.17) is 0 Å². The van der Waals surface area contributed by atoms with Crippen LogP contribution in [0.2, 0.25) is 0 Å². The van der Waals surface area contributed by atoms with Gasteiger partial charge in [0, 0.05) is 37.5 Å². The van der Waals surface area contributed by atoms with Crippen LogP contribution < -0.4 is 0 Å². The molecule has 2 aromatic heterocycles. The number of fused-ring (bicyclic) bond motifs is 1. The molecular formula is C23H26ClF3N6S. The number of benzene rings is 1. The Labute approximate surface area is 206 Å². The average molecular weight is 511 g/mol. The summed E-state index contributed by atoms with van der Waals surface area (Å²) < 4.78 is 40.5. The molecule has 1 aromatic carbocycles. The lowest BCUT2D eigenvalue weighted by Gasteiger charge is -2.21. The molecule has 1 saturated heterocycles. The molecule has 6 nitrogen and oxygen atoms in total. The molecule has 182 valence electrons. The Morgan fingerprint density at radius 2 is 1.88 bits per heavy atom. The van der Waals surface area contributed by atoms with Gasteiger partial charge < -0.3 is 9.47 Å². The molecule has 0 spiro atoms. The predicted octanol–water partition coefficient (Wildman–Crippen LogP) is 4.78. The number of piperidine rings is 1. The number of likely N-dealkylation sites (tertiary alicyclic amines) is 1. The molecule has 2 aliphatic rings. The molecule has 1 saturated carbocycles. The van der Waals surface area contributed by atoms with Gasteiger partial charge >= 0.3 is 6.18 Å². The minimum Gasteiger partial charge on any atom is -0.304 e. The molecule has 1 aliphatic heterocycles. The van der Waals surface area contributed by atoms with E-state index in [-0.39, 0.29) is 17.8 Å². The van der Waals surface area contributed by atoms with Gasteiger partial charge in [-0.3, -0.25) is 4.98 Å². The standard InChI is InChI=1S/C23H25F3N6S.ClH/c1-15-11-28-19(12-27-15)20-29-30-21(31(20)2)33-9-3-8-32-13-18-10-22(18,14-32)16-4-6-17(7-5-16)23(24,25)26;/h4-7,11-12,18H,3,8-10,13-14H2,1-2H3;1H. The van der Waals surface area contributed by atoms with E-state index in [9.17, 15) is 13.2 Å². The molecule has 11 heteroatoms. The highest BCUT2D eigenvalue weighted by Gasteiger charge is 2.60. The van der Waals surface area contributed by atoms with Crippen molar-refractivity contribution in [3.05, 3.63) is 53.5 Å². The molecular weight excluding hydrogens is 485 g/mol. The Morgan fingerprint density at radius 3 is 2.56 bits per heavy atom. The Morgan fingerprint density at radius 1 is 1.12 bits per heavy atom. The summed E-state index contributed by atoms with van der Waals surface area (Å²) in [6.07, 6.45) is 1.23. The smallest absolute Gasteiger partial charge is 0.304 e. The maximum absolute atomic E-state index is 12.9. The lowest BCUT2D eigenvalue weighted by molar-refractivity contribution is -0.137. The Bertz CT molecular complexity index is 1140. The summed E-state index contributed by atoms with van der Waals surface area (Å²) in [5.41, 5.74) is 2.07. The maximum atomic E-state index is 12.9.